The Morgan fingerprint density at radius 1 is 1.39 bits per heavy atom. The Bertz CT molecular complexity index is 669. The van der Waals surface area contributed by atoms with Crippen LogP contribution in [0.1, 0.15) is 28.5 Å². The highest BCUT2D eigenvalue weighted by Gasteiger charge is 2.23. The molecule has 2 heterocycles. The number of aromatic amines is 1. The van der Waals surface area contributed by atoms with E-state index in [-0.39, 0.29) is 5.91 Å². The molecule has 0 saturated heterocycles. The van der Waals surface area contributed by atoms with E-state index in [4.69, 9.17) is 5.73 Å². The highest BCUT2D eigenvalue weighted by atomic mass is 16.2. The van der Waals surface area contributed by atoms with Gasteiger partial charge in [-0.05, 0) is 18.6 Å². The van der Waals surface area contributed by atoms with Crippen LogP contribution in [0.2, 0.25) is 0 Å². The van der Waals surface area contributed by atoms with Gasteiger partial charge in [-0.25, -0.2) is 5.43 Å². The molecule has 0 bridgehead atoms. The fourth-order valence-corrected chi connectivity index (χ4v) is 2.46. The third-order valence-corrected chi connectivity index (χ3v) is 3.27. The van der Waals surface area contributed by atoms with E-state index in [9.17, 15) is 4.79 Å². The molecule has 1 aromatic carbocycles. The number of aryl methyl sites for hydroxylation is 1. The summed E-state index contributed by atoms with van der Waals surface area (Å²) >= 11 is 0. The molecule has 1 aromatic heterocycles. The van der Waals surface area contributed by atoms with Gasteiger partial charge in [0.25, 0.3) is 5.91 Å². The van der Waals surface area contributed by atoms with Crippen LogP contribution in [-0.4, -0.2) is 23.1 Å². The number of amides is 1. The molecule has 92 valence electrons. The zero-order valence-electron chi connectivity index (χ0n) is 10.1. The lowest BCUT2D eigenvalue weighted by Crippen LogP contribution is -2.21. The van der Waals surface area contributed by atoms with Crippen LogP contribution in [0.3, 0.4) is 0 Å². The maximum Gasteiger partial charge on any atom is 0.272 e. The molecule has 0 radical (unpaired) electrons. The van der Waals surface area contributed by atoms with Crippen LogP contribution >= 0.6 is 0 Å². The van der Waals surface area contributed by atoms with Crippen molar-refractivity contribution in [1.29, 1.82) is 0 Å². The fourth-order valence-electron chi connectivity index (χ4n) is 2.46. The van der Waals surface area contributed by atoms with E-state index in [0.717, 1.165) is 34.3 Å². The number of rotatable bonds is 2. The quantitative estimate of drug-likeness (QED) is 0.737. The maximum atomic E-state index is 12.0. The minimum Gasteiger partial charge on any atom is -0.358 e. The highest BCUT2D eigenvalue weighted by Crippen LogP contribution is 2.28. The van der Waals surface area contributed by atoms with Crippen molar-refractivity contribution in [3.63, 3.8) is 0 Å². The maximum absolute atomic E-state index is 12.0. The number of carbonyl (C=O) groups is 1. The summed E-state index contributed by atoms with van der Waals surface area (Å²) in [6.07, 6.45) is 0.844. The molecule has 0 spiro atoms. The lowest BCUT2D eigenvalue weighted by Gasteiger charge is -2.02. The van der Waals surface area contributed by atoms with Crippen molar-refractivity contribution in [3.8, 4) is 0 Å². The number of aromatic nitrogens is 1. The number of hydrogen-bond donors (Lipinski definition) is 3. The van der Waals surface area contributed by atoms with E-state index >= 15 is 0 Å². The minimum absolute atomic E-state index is 0.188. The lowest BCUT2D eigenvalue weighted by atomic mass is 10.0. The first-order valence-electron chi connectivity index (χ1n) is 5.97. The van der Waals surface area contributed by atoms with Gasteiger partial charge in [-0.15, -0.1) is 0 Å². The van der Waals surface area contributed by atoms with Crippen LogP contribution in [0.25, 0.3) is 10.9 Å². The molecule has 4 N–H and O–H groups in total. The molecule has 5 nitrogen and oxygen atoms in total. The predicted molar refractivity (Wildman–Crippen MR) is 70.7 cm³/mol. The summed E-state index contributed by atoms with van der Waals surface area (Å²) in [6, 6.07) is 5.64. The molecule has 1 aliphatic rings. The minimum atomic E-state index is -0.188. The second kappa shape index (κ2) is 3.96. The summed E-state index contributed by atoms with van der Waals surface area (Å²) in [5.41, 5.74) is 12.6. The highest BCUT2D eigenvalue weighted by molar-refractivity contribution is 6.20. The van der Waals surface area contributed by atoms with Crippen molar-refractivity contribution in [3.05, 3.63) is 35.0 Å². The van der Waals surface area contributed by atoms with Crippen LogP contribution in [-0.2, 0) is 6.42 Å². The number of nitrogens with zero attached hydrogens (tertiary/aromatic N) is 1. The van der Waals surface area contributed by atoms with E-state index in [2.05, 4.69) is 22.4 Å². The van der Waals surface area contributed by atoms with Crippen molar-refractivity contribution in [2.75, 3.05) is 6.54 Å². The normalized spacial score (nSPS) is 14.3. The molecular formula is C13H14N4O. The Morgan fingerprint density at radius 3 is 2.94 bits per heavy atom. The first-order chi connectivity index (χ1) is 8.76. The average molecular weight is 242 g/mol. The monoisotopic (exact) mass is 242 g/mol. The zero-order chi connectivity index (χ0) is 12.7. The van der Waals surface area contributed by atoms with Crippen molar-refractivity contribution in [2.45, 2.75) is 13.3 Å². The number of hydrazone groups is 1. The molecule has 0 unspecified atom stereocenters. The Balaban J connectivity index is 2.46. The SMILES string of the molecule is CCc1[nH]c2cccc3c2c1C(CN)=NNC3=O. The summed E-state index contributed by atoms with van der Waals surface area (Å²) in [5, 5.41) is 5.04. The van der Waals surface area contributed by atoms with Gasteiger partial charge in [0.05, 0.1) is 11.3 Å². The van der Waals surface area contributed by atoms with Crippen molar-refractivity contribution < 1.29 is 4.79 Å². The van der Waals surface area contributed by atoms with Gasteiger partial charge < -0.3 is 10.7 Å². The summed E-state index contributed by atoms with van der Waals surface area (Å²) in [6.45, 7) is 2.36. The molecule has 0 atom stereocenters. The predicted octanol–water partition coefficient (Wildman–Crippen LogP) is 1.14. The second-order valence-electron chi connectivity index (χ2n) is 4.26. The molecule has 0 aliphatic carbocycles. The van der Waals surface area contributed by atoms with Gasteiger partial charge in [-0.3, -0.25) is 4.79 Å². The number of carbonyl (C=O) groups excluding carboxylic acids is 1. The van der Waals surface area contributed by atoms with Crippen molar-refractivity contribution in [2.24, 2.45) is 10.8 Å². The van der Waals surface area contributed by atoms with Gasteiger partial charge in [-0.2, -0.15) is 5.10 Å². The van der Waals surface area contributed by atoms with E-state index in [1.54, 1.807) is 0 Å². The zero-order valence-corrected chi connectivity index (χ0v) is 10.1. The fraction of sp³-hybridized carbons (Fsp3) is 0.231. The summed E-state index contributed by atoms with van der Waals surface area (Å²) < 4.78 is 0. The first-order valence-corrected chi connectivity index (χ1v) is 5.97. The van der Waals surface area contributed by atoms with Gasteiger partial charge in [-0.1, -0.05) is 13.0 Å². The molecule has 5 heteroatoms. The van der Waals surface area contributed by atoms with Crippen LogP contribution < -0.4 is 11.2 Å². The molecular weight excluding hydrogens is 228 g/mol. The number of H-pyrrole nitrogens is 1. The van der Waals surface area contributed by atoms with Crippen LogP contribution in [0, 0.1) is 0 Å². The summed E-state index contributed by atoms with van der Waals surface area (Å²) in [4.78, 5) is 15.3. The molecule has 18 heavy (non-hydrogen) atoms. The molecule has 0 saturated carbocycles. The standard InChI is InChI=1S/C13H14N4O/c1-2-8-12-10(6-14)16-17-13(18)7-4-3-5-9(15-8)11(7)12/h3-5,15H,2,6,14H2,1H3,(H,17,18). The third-order valence-electron chi connectivity index (χ3n) is 3.27. The van der Waals surface area contributed by atoms with Crippen LogP contribution in [0.4, 0.5) is 0 Å². The topological polar surface area (TPSA) is 83.3 Å². The summed E-state index contributed by atoms with van der Waals surface area (Å²) in [5.74, 6) is -0.188. The molecule has 0 fully saturated rings. The Kier molecular flexibility index (Phi) is 2.41. The van der Waals surface area contributed by atoms with E-state index < -0.39 is 0 Å². The van der Waals surface area contributed by atoms with Crippen molar-refractivity contribution >= 4 is 22.5 Å². The number of nitrogens with two attached hydrogens (primary N) is 1. The van der Waals surface area contributed by atoms with Crippen molar-refractivity contribution in [1.82, 2.24) is 10.4 Å². The molecule has 1 aliphatic heterocycles. The van der Waals surface area contributed by atoms with Gasteiger partial charge in [0.1, 0.15) is 0 Å². The molecule has 3 rings (SSSR count). The Labute approximate surface area is 104 Å². The molecule has 1 amide bonds. The number of hydrogen-bond acceptors (Lipinski definition) is 3. The van der Waals surface area contributed by atoms with E-state index in [1.807, 2.05) is 18.2 Å². The van der Waals surface area contributed by atoms with Crippen LogP contribution in [0.5, 0.6) is 0 Å². The van der Waals surface area contributed by atoms with Gasteiger partial charge in [0.15, 0.2) is 0 Å². The third kappa shape index (κ3) is 1.37. The summed E-state index contributed by atoms with van der Waals surface area (Å²) in [7, 11) is 0. The second-order valence-corrected chi connectivity index (χ2v) is 4.26. The lowest BCUT2D eigenvalue weighted by molar-refractivity contribution is 0.0957. The van der Waals surface area contributed by atoms with E-state index in [0.29, 0.717) is 12.1 Å². The van der Waals surface area contributed by atoms with Gasteiger partial charge in [0.2, 0.25) is 0 Å². The Morgan fingerprint density at radius 2 is 2.22 bits per heavy atom. The van der Waals surface area contributed by atoms with Crippen LogP contribution in [0.15, 0.2) is 23.3 Å². The van der Waals surface area contributed by atoms with E-state index in [1.165, 1.54) is 0 Å². The number of benzene rings is 1. The molecule has 2 aromatic rings. The average Bonchev–Trinajstić information content (AvgIpc) is 2.70. The Hall–Kier alpha value is -2.14. The number of nitrogens with one attached hydrogen (secondary N) is 2. The van der Waals surface area contributed by atoms with Gasteiger partial charge >= 0.3 is 0 Å². The largest absolute Gasteiger partial charge is 0.358 e. The first kappa shape index (κ1) is 11.0. The van der Waals surface area contributed by atoms with Gasteiger partial charge in [0, 0.05) is 28.7 Å². The smallest absolute Gasteiger partial charge is 0.272 e.